The van der Waals surface area contributed by atoms with Gasteiger partial charge >= 0.3 is 0 Å². The smallest absolute Gasteiger partial charge is 0.160 e. The first-order chi connectivity index (χ1) is 4.76. The van der Waals surface area contributed by atoms with Gasteiger partial charge < -0.3 is 4.84 Å². The van der Waals surface area contributed by atoms with Crippen LogP contribution in [0.15, 0.2) is 18.0 Å². The minimum absolute atomic E-state index is 0.218. The zero-order valence-electron chi connectivity index (χ0n) is 6.11. The fourth-order valence-electron chi connectivity index (χ4n) is 0.504. The van der Waals surface area contributed by atoms with E-state index in [0.717, 1.165) is 0 Å². The SMILES string of the molecule is C=CC(ON=O)C(C)SC. The molecule has 0 aromatic rings. The molecule has 0 aliphatic rings. The van der Waals surface area contributed by atoms with Crippen molar-refractivity contribution in [3.05, 3.63) is 17.6 Å². The Balaban J connectivity index is 3.78. The summed E-state index contributed by atoms with van der Waals surface area (Å²) in [6.07, 6.45) is 3.24. The lowest BCUT2D eigenvalue weighted by Crippen LogP contribution is -2.18. The summed E-state index contributed by atoms with van der Waals surface area (Å²) in [7, 11) is 0. The van der Waals surface area contributed by atoms with Crippen molar-refractivity contribution in [2.45, 2.75) is 18.3 Å². The van der Waals surface area contributed by atoms with Gasteiger partial charge in [-0.05, 0) is 19.3 Å². The molecule has 0 saturated heterocycles. The molecule has 0 radical (unpaired) electrons. The standard InChI is InChI=1S/C6H11NO2S/c1-4-6(9-7-8)5(2)10-3/h4-6H,1H2,2-3H3. The molecule has 0 saturated carbocycles. The van der Waals surface area contributed by atoms with Crippen LogP contribution >= 0.6 is 11.8 Å². The Hall–Kier alpha value is -0.510. The molecule has 0 rings (SSSR count). The lowest BCUT2D eigenvalue weighted by Gasteiger charge is -2.13. The molecule has 0 aromatic heterocycles. The van der Waals surface area contributed by atoms with Gasteiger partial charge in [-0.1, -0.05) is 6.58 Å². The van der Waals surface area contributed by atoms with E-state index in [-0.39, 0.29) is 11.4 Å². The molecule has 0 aliphatic carbocycles. The Morgan fingerprint density at radius 1 is 1.80 bits per heavy atom. The number of hydrogen-bond acceptors (Lipinski definition) is 4. The molecule has 0 amide bonds. The molecule has 3 nitrogen and oxygen atoms in total. The van der Waals surface area contributed by atoms with Gasteiger partial charge in [0.15, 0.2) is 11.4 Å². The highest BCUT2D eigenvalue weighted by molar-refractivity contribution is 7.99. The molecule has 0 fully saturated rings. The van der Waals surface area contributed by atoms with Gasteiger partial charge in [0, 0.05) is 5.25 Å². The van der Waals surface area contributed by atoms with Gasteiger partial charge in [0.1, 0.15) is 0 Å². The van der Waals surface area contributed by atoms with Crippen LogP contribution in [-0.4, -0.2) is 17.6 Å². The summed E-state index contributed by atoms with van der Waals surface area (Å²) >= 11 is 1.60. The van der Waals surface area contributed by atoms with Crippen LogP contribution in [0.3, 0.4) is 0 Å². The summed E-state index contributed by atoms with van der Waals surface area (Å²) in [5.41, 5.74) is 0. The maximum Gasteiger partial charge on any atom is 0.160 e. The summed E-state index contributed by atoms with van der Waals surface area (Å²) in [5, 5.41) is 2.56. The lowest BCUT2D eigenvalue weighted by molar-refractivity contribution is 0.0899. The predicted molar refractivity (Wildman–Crippen MR) is 43.8 cm³/mol. The molecular weight excluding hydrogens is 150 g/mol. The highest BCUT2D eigenvalue weighted by Crippen LogP contribution is 2.13. The second kappa shape index (κ2) is 5.29. The van der Waals surface area contributed by atoms with Crippen LogP contribution < -0.4 is 0 Å². The zero-order chi connectivity index (χ0) is 7.98. The van der Waals surface area contributed by atoms with Gasteiger partial charge in [0.2, 0.25) is 0 Å². The van der Waals surface area contributed by atoms with Gasteiger partial charge in [-0.25, -0.2) is 0 Å². The van der Waals surface area contributed by atoms with E-state index in [2.05, 4.69) is 16.8 Å². The third kappa shape index (κ3) is 2.87. The van der Waals surface area contributed by atoms with Crippen LogP contribution in [0.4, 0.5) is 0 Å². The minimum atomic E-state index is -0.271. The number of thioether (sulfide) groups is 1. The first kappa shape index (κ1) is 9.49. The highest BCUT2D eigenvalue weighted by Gasteiger charge is 2.13. The van der Waals surface area contributed by atoms with E-state index < -0.39 is 0 Å². The Morgan fingerprint density at radius 2 is 2.40 bits per heavy atom. The van der Waals surface area contributed by atoms with Crippen molar-refractivity contribution in [2.75, 3.05) is 6.26 Å². The molecule has 4 heteroatoms. The maximum absolute atomic E-state index is 9.67. The van der Waals surface area contributed by atoms with Crippen LogP contribution in [0.5, 0.6) is 0 Å². The molecule has 0 aromatic carbocycles. The van der Waals surface area contributed by atoms with E-state index in [1.54, 1.807) is 17.8 Å². The van der Waals surface area contributed by atoms with Crippen LogP contribution in [0.1, 0.15) is 6.92 Å². The first-order valence-corrected chi connectivity index (χ1v) is 4.18. The van der Waals surface area contributed by atoms with E-state index in [9.17, 15) is 4.91 Å². The average molecular weight is 161 g/mol. The summed E-state index contributed by atoms with van der Waals surface area (Å²) in [6.45, 7) is 5.46. The highest BCUT2D eigenvalue weighted by atomic mass is 32.2. The topological polar surface area (TPSA) is 38.7 Å². The Bertz CT molecular complexity index is 118. The Morgan fingerprint density at radius 3 is 2.70 bits per heavy atom. The van der Waals surface area contributed by atoms with Crippen LogP contribution in [0, 0.1) is 4.91 Å². The Kier molecular flexibility index (Phi) is 5.02. The molecule has 0 aliphatic heterocycles. The summed E-state index contributed by atoms with van der Waals surface area (Å²) in [4.78, 5) is 14.1. The summed E-state index contributed by atoms with van der Waals surface area (Å²) in [6, 6.07) is 0. The van der Waals surface area contributed by atoms with Gasteiger partial charge in [-0.15, -0.1) is 4.91 Å². The third-order valence-electron chi connectivity index (χ3n) is 1.23. The van der Waals surface area contributed by atoms with E-state index >= 15 is 0 Å². The number of rotatable bonds is 5. The molecule has 10 heavy (non-hydrogen) atoms. The van der Waals surface area contributed by atoms with Crippen molar-refractivity contribution >= 4 is 11.8 Å². The maximum atomic E-state index is 9.67. The monoisotopic (exact) mass is 161 g/mol. The average Bonchev–Trinajstić information content (AvgIpc) is 1.99. The second-order valence-corrected chi connectivity index (χ2v) is 3.04. The first-order valence-electron chi connectivity index (χ1n) is 2.90. The molecule has 58 valence electrons. The van der Waals surface area contributed by atoms with Crippen LogP contribution in [-0.2, 0) is 4.84 Å². The van der Waals surface area contributed by atoms with Crippen LogP contribution in [0.25, 0.3) is 0 Å². The second-order valence-electron chi connectivity index (χ2n) is 1.82. The number of hydrogen-bond donors (Lipinski definition) is 0. The molecule has 0 N–H and O–H groups in total. The quantitative estimate of drug-likeness (QED) is 0.351. The normalized spacial score (nSPS) is 15.4. The molecular formula is C6H11NO2S. The van der Waals surface area contributed by atoms with Gasteiger partial charge in [-0.3, -0.25) is 0 Å². The van der Waals surface area contributed by atoms with Crippen molar-refractivity contribution in [1.82, 2.24) is 0 Å². The summed E-state index contributed by atoms with van der Waals surface area (Å²) < 4.78 is 0. The van der Waals surface area contributed by atoms with E-state index in [0.29, 0.717) is 0 Å². The largest absolute Gasteiger partial charge is 0.355 e. The zero-order valence-corrected chi connectivity index (χ0v) is 6.93. The van der Waals surface area contributed by atoms with Crippen molar-refractivity contribution in [3.8, 4) is 0 Å². The molecule has 0 heterocycles. The fraction of sp³-hybridized carbons (Fsp3) is 0.667. The van der Waals surface area contributed by atoms with E-state index in [1.807, 2.05) is 13.2 Å². The van der Waals surface area contributed by atoms with Crippen LogP contribution in [0.2, 0.25) is 0 Å². The van der Waals surface area contributed by atoms with Crippen molar-refractivity contribution in [1.29, 1.82) is 0 Å². The van der Waals surface area contributed by atoms with Crippen molar-refractivity contribution in [3.63, 3.8) is 0 Å². The minimum Gasteiger partial charge on any atom is -0.355 e. The third-order valence-corrected chi connectivity index (χ3v) is 2.24. The Labute approximate surface area is 64.8 Å². The van der Waals surface area contributed by atoms with Crippen molar-refractivity contribution in [2.24, 2.45) is 5.34 Å². The number of nitrogens with zero attached hydrogens (tertiary/aromatic N) is 1. The molecule has 0 bridgehead atoms. The van der Waals surface area contributed by atoms with E-state index in [4.69, 9.17) is 0 Å². The molecule has 2 atom stereocenters. The lowest BCUT2D eigenvalue weighted by atomic mass is 10.3. The predicted octanol–water partition coefficient (Wildman–Crippen LogP) is 1.99. The molecule has 2 unspecified atom stereocenters. The van der Waals surface area contributed by atoms with Crippen molar-refractivity contribution < 1.29 is 4.84 Å². The summed E-state index contributed by atoms with van der Waals surface area (Å²) in [5.74, 6) is 0. The van der Waals surface area contributed by atoms with E-state index in [1.165, 1.54) is 0 Å². The fourth-order valence-corrected chi connectivity index (χ4v) is 0.933. The van der Waals surface area contributed by atoms with Gasteiger partial charge in [-0.2, -0.15) is 11.8 Å². The molecule has 0 spiro atoms. The van der Waals surface area contributed by atoms with Gasteiger partial charge in [0.05, 0.1) is 0 Å². The van der Waals surface area contributed by atoms with Gasteiger partial charge in [0.25, 0.3) is 0 Å².